The fraction of sp³-hybridized carbons (Fsp3) is 0.231. The van der Waals surface area contributed by atoms with Gasteiger partial charge in [0, 0.05) is 18.3 Å². The lowest BCUT2D eigenvalue weighted by molar-refractivity contribution is -0.123. The Morgan fingerprint density at radius 1 is 1.33 bits per heavy atom. The maximum atomic E-state index is 11.7. The van der Waals surface area contributed by atoms with Gasteiger partial charge in [0.1, 0.15) is 6.33 Å². The number of aromatic nitrogens is 3. The summed E-state index contributed by atoms with van der Waals surface area (Å²) in [4.78, 5) is 22.5. The van der Waals surface area contributed by atoms with E-state index in [1.165, 1.54) is 0 Å². The van der Waals surface area contributed by atoms with Crippen molar-refractivity contribution in [3.05, 3.63) is 30.6 Å². The zero-order chi connectivity index (χ0) is 15.4. The molecular formula is C13H16N6O2. The molecule has 2 amide bonds. The molecule has 21 heavy (non-hydrogen) atoms. The first kappa shape index (κ1) is 14.7. The Labute approximate surface area is 121 Å². The molecule has 0 aliphatic heterocycles. The highest BCUT2D eigenvalue weighted by Crippen LogP contribution is 2.18. The minimum absolute atomic E-state index is 0.192. The van der Waals surface area contributed by atoms with E-state index in [9.17, 15) is 9.59 Å². The molecule has 0 fully saturated rings. The van der Waals surface area contributed by atoms with Crippen LogP contribution in [0.15, 0.2) is 30.6 Å². The molecule has 8 nitrogen and oxygen atoms in total. The van der Waals surface area contributed by atoms with Gasteiger partial charge in [-0.1, -0.05) is 0 Å². The van der Waals surface area contributed by atoms with E-state index < -0.39 is 17.9 Å². The monoisotopic (exact) mass is 288 g/mol. The van der Waals surface area contributed by atoms with Crippen molar-refractivity contribution in [2.24, 2.45) is 18.5 Å². The average Bonchev–Trinajstić information content (AvgIpc) is 2.85. The van der Waals surface area contributed by atoms with Crippen LogP contribution >= 0.6 is 0 Å². The summed E-state index contributed by atoms with van der Waals surface area (Å²) in [6.07, 6.45) is 1.41. The molecular weight excluding hydrogens is 272 g/mol. The first-order valence-corrected chi connectivity index (χ1v) is 6.26. The highest BCUT2D eigenvalue weighted by molar-refractivity contribution is 5.97. The van der Waals surface area contributed by atoms with Crippen LogP contribution in [0.1, 0.15) is 6.42 Å². The van der Waals surface area contributed by atoms with Crippen molar-refractivity contribution >= 4 is 17.5 Å². The third-order valence-corrected chi connectivity index (χ3v) is 2.88. The third-order valence-electron chi connectivity index (χ3n) is 2.88. The molecule has 110 valence electrons. The molecule has 0 saturated heterocycles. The normalized spacial score (nSPS) is 11.9. The zero-order valence-electron chi connectivity index (χ0n) is 11.5. The number of hydrogen-bond acceptors (Lipinski definition) is 5. The number of amides is 2. The van der Waals surface area contributed by atoms with Crippen LogP contribution in [0.5, 0.6) is 0 Å². The van der Waals surface area contributed by atoms with Gasteiger partial charge in [-0.2, -0.15) is 0 Å². The molecule has 0 radical (unpaired) electrons. The van der Waals surface area contributed by atoms with Gasteiger partial charge in [-0.3, -0.25) is 9.59 Å². The Balaban J connectivity index is 2.04. The predicted octanol–water partition coefficient (Wildman–Crippen LogP) is -0.377. The predicted molar refractivity (Wildman–Crippen MR) is 76.9 cm³/mol. The molecule has 2 aromatic rings. The maximum Gasteiger partial charge on any atom is 0.241 e. The number of primary amides is 1. The topological polar surface area (TPSA) is 129 Å². The van der Waals surface area contributed by atoms with Gasteiger partial charge >= 0.3 is 0 Å². The van der Waals surface area contributed by atoms with E-state index in [1.807, 2.05) is 7.05 Å². The van der Waals surface area contributed by atoms with Gasteiger partial charge in [-0.15, -0.1) is 10.2 Å². The van der Waals surface area contributed by atoms with Crippen LogP contribution in [0.2, 0.25) is 0 Å². The van der Waals surface area contributed by atoms with Gasteiger partial charge in [-0.05, 0) is 24.3 Å². The first-order chi connectivity index (χ1) is 9.97. The van der Waals surface area contributed by atoms with Gasteiger partial charge in [0.2, 0.25) is 11.8 Å². The van der Waals surface area contributed by atoms with Crippen LogP contribution in [-0.2, 0) is 16.6 Å². The van der Waals surface area contributed by atoms with Crippen LogP contribution in [0.4, 0.5) is 5.69 Å². The molecule has 0 aliphatic rings. The van der Waals surface area contributed by atoms with E-state index in [1.54, 1.807) is 35.2 Å². The van der Waals surface area contributed by atoms with E-state index in [2.05, 4.69) is 15.5 Å². The molecule has 1 aromatic heterocycles. The lowest BCUT2D eigenvalue weighted by Gasteiger charge is -2.11. The second-order valence-electron chi connectivity index (χ2n) is 4.61. The fourth-order valence-electron chi connectivity index (χ4n) is 1.79. The maximum absolute atomic E-state index is 11.7. The number of nitrogens with zero attached hydrogens (tertiary/aromatic N) is 3. The van der Waals surface area contributed by atoms with Gasteiger partial charge < -0.3 is 21.4 Å². The summed E-state index contributed by atoms with van der Waals surface area (Å²) in [5, 5.41) is 10.4. The number of benzene rings is 1. The molecule has 0 bridgehead atoms. The van der Waals surface area contributed by atoms with E-state index in [0.717, 1.165) is 11.4 Å². The number of nitrogens with two attached hydrogens (primary N) is 2. The number of hydrogen-bond donors (Lipinski definition) is 3. The minimum Gasteiger partial charge on any atom is -0.370 e. The van der Waals surface area contributed by atoms with Crippen LogP contribution < -0.4 is 16.8 Å². The standard InChI is InChI=1S/C13H16N6O2/c1-19-7-16-18-12(19)8-2-4-9(5-3-8)17-13(21)10(14)6-11(15)20/h2-5,7,10H,6,14H2,1H3,(H2,15,20)(H,17,21). The Morgan fingerprint density at radius 2 is 2.00 bits per heavy atom. The van der Waals surface area contributed by atoms with Crippen molar-refractivity contribution in [1.29, 1.82) is 0 Å². The molecule has 1 heterocycles. The number of carbonyl (C=O) groups excluding carboxylic acids is 2. The number of nitrogens with one attached hydrogen (secondary N) is 1. The molecule has 1 atom stereocenters. The second-order valence-corrected chi connectivity index (χ2v) is 4.61. The largest absolute Gasteiger partial charge is 0.370 e. The molecule has 5 N–H and O–H groups in total. The van der Waals surface area contributed by atoms with Crippen LogP contribution in [0.25, 0.3) is 11.4 Å². The third kappa shape index (κ3) is 3.63. The summed E-state index contributed by atoms with van der Waals surface area (Å²) in [5.41, 5.74) is 12.0. The molecule has 2 rings (SSSR count). The summed E-state index contributed by atoms with van der Waals surface area (Å²) in [6, 6.07) is 6.09. The van der Waals surface area contributed by atoms with Crippen molar-refractivity contribution in [2.75, 3.05) is 5.32 Å². The molecule has 0 aliphatic carbocycles. The lowest BCUT2D eigenvalue weighted by atomic mass is 10.1. The summed E-state index contributed by atoms with van der Waals surface area (Å²) in [5.74, 6) is -0.353. The van der Waals surface area contributed by atoms with E-state index in [-0.39, 0.29) is 6.42 Å². The quantitative estimate of drug-likeness (QED) is 0.691. The Bertz CT molecular complexity index is 649. The first-order valence-electron chi connectivity index (χ1n) is 6.26. The second kappa shape index (κ2) is 6.14. The van der Waals surface area contributed by atoms with Crippen LogP contribution in [-0.4, -0.2) is 32.6 Å². The smallest absolute Gasteiger partial charge is 0.241 e. The minimum atomic E-state index is -0.957. The highest BCUT2D eigenvalue weighted by Gasteiger charge is 2.16. The van der Waals surface area contributed by atoms with Gasteiger partial charge in [0.15, 0.2) is 5.82 Å². The molecule has 0 saturated carbocycles. The summed E-state index contributed by atoms with van der Waals surface area (Å²) in [7, 11) is 1.84. The van der Waals surface area contributed by atoms with Crippen LogP contribution in [0, 0.1) is 0 Å². The zero-order valence-corrected chi connectivity index (χ0v) is 11.5. The molecule has 1 unspecified atom stereocenters. The molecule has 8 heteroatoms. The van der Waals surface area contributed by atoms with Gasteiger partial charge in [-0.25, -0.2) is 0 Å². The summed E-state index contributed by atoms with van der Waals surface area (Å²) in [6.45, 7) is 0. The van der Waals surface area contributed by atoms with Crippen molar-refractivity contribution < 1.29 is 9.59 Å². The lowest BCUT2D eigenvalue weighted by Crippen LogP contribution is -2.38. The fourth-order valence-corrected chi connectivity index (χ4v) is 1.79. The van der Waals surface area contributed by atoms with Crippen molar-refractivity contribution in [3.63, 3.8) is 0 Å². The molecule has 1 aromatic carbocycles. The van der Waals surface area contributed by atoms with Crippen LogP contribution in [0.3, 0.4) is 0 Å². The van der Waals surface area contributed by atoms with E-state index in [4.69, 9.17) is 11.5 Å². The summed E-state index contributed by atoms with van der Waals surface area (Å²) >= 11 is 0. The molecule has 0 spiro atoms. The van der Waals surface area contributed by atoms with Crippen molar-refractivity contribution in [3.8, 4) is 11.4 Å². The number of aryl methyl sites for hydroxylation is 1. The van der Waals surface area contributed by atoms with Gasteiger partial charge in [0.25, 0.3) is 0 Å². The SMILES string of the molecule is Cn1cnnc1-c1ccc(NC(=O)C(N)CC(N)=O)cc1. The van der Waals surface area contributed by atoms with Crippen molar-refractivity contribution in [2.45, 2.75) is 12.5 Å². The Hall–Kier alpha value is -2.74. The van der Waals surface area contributed by atoms with Crippen molar-refractivity contribution in [1.82, 2.24) is 14.8 Å². The average molecular weight is 288 g/mol. The number of anilines is 1. The van der Waals surface area contributed by atoms with E-state index in [0.29, 0.717) is 5.69 Å². The highest BCUT2D eigenvalue weighted by atomic mass is 16.2. The summed E-state index contributed by atoms with van der Waals surface area (Å²) < 4.78 is 1.79. The van der Waals surface area contributed by atoms with Gasteiger partial charge in [0.05, 0.1) is 12.5 Å². The number of rotatable bonds is 5. The Morgan fingerprint density at radius 3 is 2.52 bits per heavy atom. The van der Waals surface area contributed by atoms with E-state index >= 15 is 0 Å². The number of carbonyl (C=O) groups is 2. The Kier molecular flexibility index (Phi) is 4.29.